The Balaban J connectivity index is 2.27. The molecule has 2 rings (SSSR count). The molecular formula is C15H18N2O3S. The van der Waals surface area contributed by atoms with Crippen molar-refractivity contribution in [2.24, 2.45) is 5.73 Å². The molecular weight excluding hydrogens is 288 g/mol. The fourth-order valence-electron chi connectivity index (χ4n) is 1.89. The molecule has 21 heavy (non-hydrogen) atoms. The van der Waals surface area contributed by atoms with Crippen molar-refractivity contribution in [3.63, 3.8) is 0 Å². The second-order valence-electron chi connectivity index (χ2n) is 4.56. The van der Waals surface area contributed by atoms with Crippen LogP contribution in [0.5, 0.6) is 5.75 Å². The average Bonchev–Trinajstić information content (AvgIpc) is 2.45. The first kappa shape index (κ1) is 15.3. The van der Waals surface area contributed by atoms with Crippen LogP contribution in [0, 0.1) is 0 Å². The van der Waals surface area contributed by atoms with Gasteiger partial charge in [-0.15, -0.1) is 0 Å². The Kier molecular flexibility index (Phi) is 4.82. The lowest BCUT2D eigenvalue weighted by Gasteiger charge is -2.12. The molecule has 2 aromatic rings. The molecule has 0 aromatic heterocycles. The Morgan fingerprint density at radius 3 is 2.62 bits per heavy atom. The molecule has 0 heterocycles. The predicted molar refractivity (Wildman–Crippen MR) is 83.8 cm³/mol. The number of rotatable bonds is 6. The van der Waals surface area contributed by atoms with Gasteiger partial charge in [0.25, 0.3) is 0 Å². The molecule has 0 aliphatic rings. The maximum atomic E-state index is 11.8. The zero-order valence-electron chi connectivity index (χ0n) is 11.7. The molecule has 0 aliphatic carbocycles. The largest absolute Gasteiger partial charge is 0.492 e. The molecule has 0 amide bonds. The van der Waals surface area contributed by atoms with Crippen LogP contribution >= 0.6 is 0 Å². The standard InChI is InChI=1S/C15H18N2O3S/c1-21(18,19)15-8-3-2-7-14(15)17-12-5-4-6-13(11-12)20-10-9-16/h2-8,11,17H,9-10,16H2,1H3. The van der Waals surface area contributed by atoms with Gasteiger partial charge in [0, 0.05) is 24.6 Å². The molecule has 0 aliphatic heterocycles. The van der Waals surface area contributed by atoms with Crippen molar-refractivity contribution in [1.29, 1.82) is 0 Å². The first-order valence-electron chi connectivity index (χ1n) is 6.50. The smallest absolute Gasteiger partial charge is 0.177 e. The summed E-state index contributed by atoms with van der Waals surface area (Å²) in [6, 6.07) is 14.1. The van der Waals surface area contributed by atoms with Crippen LogP contribution in [0.4, 0.5) is 11.4 Å². The third-order valence-corrected chi connectivity index (χ3v) is 3.94. The van der Waals surface area contributed by atoms with Crippen LogP contribution < -0.4 is 15.8 Å². The number of anilines is 2. The second-order valence-corrected chi connectivity index (χ2v) is 6.54. The van der Waals surface area contributed by atoms with E-state index < -0.39 is 9.84 Å². The number of nitrogens with one attached hydrogen (secondary N) is 1. The van der Waals surface area contributed by atoms with E-state index in [1.807, 2.05) is 18.2 Å². The molecule has 0 saturated carbocycles. The number of sulfone groups is 1. The van der Waals surface area contributed by atoms with E-state index >= 15 is 0 Å². The summed E-state index contributed by atoms with van der Waals surface area (Å²) in [7, 11) is -3.29. The van der Waals surface area contributed by atoms with Crippen molar-refractivity contribution in [3.8, 4) is 5.75 Å². The maximum Gasteiger partial charge on any atom is 0.177 e. The highest BCUT2D eigenvalue weighted by Crippen LogP contribution is 2.26. The van der Waals surface area contributed by atoms with Gasteiger partial charge in [-0.3, -0.25) is 0 Å². The van der Waals surface area contributed by atoms with Crippen molar-refractivity contribution in [3.05, 3.63) is 48.5 Å². The average molecular weight is 306 g/mol. The minimum Gasteiger partial charge on any atom is -0.492 e. The van der Waals surface area contributed by atoms with Gasteiger partial charge in [-0.05, 0) is 24.3 Å². The summed E-state index contributed by atoms with van der Waals surface area (Å²) in [4.78, 5) is 0.262. The van der Waals surface area contributed by atoms with Crippen LogP contribution in [-0.2, 0) is 9.84 Å². The third-order valence-electron chi connectivity index (χ3n) is 2.79. The summed E-state index contributed by atoms with van der Waals surface area (Å²) in [5.74, 6) is 0.683. The van der Waals surface area contributed by atoms with E-state index in [1.54, 1.807) is 30.3 Å². The monoisotopic (exact) mass is 306 g/mol. The Morgan fingerprint density at radius 1 is 1.14 bits per heavy atom. The Bertz CT molecular complexity index is 714. The quantitative estimate of drug-likeness (QED) is 0.855. The summed E-state index contributed by atoms with van der Waals surface area (Å²) in [6.07, 6.45) is 1.19. The molecule has 0 saturated heterocycles. The van der Waals surface area contributed by atoms with Gasteiger partial charge in [-0.2, -0.15) is 0 Å². The number of hydrogen-bond acceptors (Lipinski definition) is 5. The van der Waals surface area contributed by atoms with Gasteiger partial charge < -0.3 is 15.8 Å². The van der Waals surface area contributed by atoms with Gasteiger partial charge in [0.2, 0.25) is 0 Å². The number of para-hydroxylation sites is 1. The first-order valence-corrected chi connectivity index (χ1v) is 8.39. The summed E-state index contributed by atoms with van der Waals surface area (Å²) in [5, 5.41) is 3.11. The SMILES string of the molecule is CS(=O)(=O)c1ccccc1Nc1cccc(OCCN)c1. The summed E-state index contributed by atoms with van der Waals surface area (Å²) >= 11 is 0. The highest BCUT2D eigenvalue weighted by atomic mass is 32.2. The number of benzene rings is 2. The zero-order valence-corrected chi connectivity index (χ0v) is 12.6. The summed E-state index contributed by atoms with van der Waals surface area (Å²) in [5.41, 5.74) is 6.69. The van der Waals surface area contributed by atoms with E-state index in [2.05, 4.69) is 5.32 Å². The van der Waals surface area contributed by atoms with Crippen LogP contribution in [0.25, 0.3) is 0 Å². The van der Waals surface area contributed by atoms with Crippen LogP contribution in [0.2, 0.25) is 0 Å². The van der Waals surface area contributed by atoms with Gasteiger partial charge in [0.1, 0.15) is 12.4 Å². The van der Waals surface area contributed by atoms with Crippen molar-refractivity contribution in [2.45, 2.75) is 4.90 Å². The van der Waals surface area contributed by atoms with E-state index in [-0.39, 0.29) is 4.90 Å². The summed E-state index contributed by atoms with van der Waals surface area (Å²) in [6.45, 7) is 0.873. The molecule has 112 valence electrons. The zero-order chi connectivity index (χ0) is 15.3. The number of ether oxygens (including phenoxy) is 1. The second kappa shape index (κ2) is 6.60. The molecule has 0 fully saturated rings. The number of nitrogens with two attached hydrogens (primary N) is 1. The molecule has 5 nitrogen and oxygen atoms in total. The van der Waals surface area contributed by atoms with Crippen LogP contribution in [0.15, 0.2) is 53.4 Å². The van der Waals surface area contributed by atoms with Gasteiger partial charge in [0.05, 0.1) is 10.6 Å². The molecule has 0 atom stereocenters. The topological polar surface area (TPSA) is 81.4 Å². The lowest BCUT2D eigenvalue weighted by atomic mass is 10.2. The maximum absolute atomic E-state index is 11.8. The van der Waals surface area contributed by atoms with E-state index in [1.165, 1.54) is 6.26 Å². The van der Waals surface area contributed by atoms with Crippen LogP contribution in [0.1, 0.15) is 0 Å². The molecule has 0 radical (unpaired) electrons. The molecule has 0 spiro atoms. The predicted octanol–water partition coefficient (Wildman–Crippen LogP) is 2.17. The van der Waals surface area contributed by atoms with E-state index in [4.69, 9.17) is 10.5 Å². The van der Waals surface area contributed by atoms with Crippen molar-refractivity contribution in [2.75, 3.05) is 24.7 Å². The first-order chi connectivity index (χ1) is 10.0. The van der Waals surface area contributed by atoms with Gasteiger partial charge in [-0.25, -0.2) is 8.42 Å². The highest BCUT2D eigenvalue weighted by molar-refractivity contribution is 7.90. The van der Waals surface area contributed by atoms with E-state index in [0.29, 0.717) is 24.6 Å². The van der Waals surface area contributed by atoms with Gasteiger partial charge in [-0.1, -0.05) is 18.2 Å². The molecule has 2 aromatic carbocycles. The minimum atomic E-state index is -3.29. The van der Waals surface area contributed by atoms with Crippen molar-refractivity contribution in [1.82, 2.24) is 0 Å². The fourth-order valence-corrected chi connectivity index (χ4v) is 2.73. The normalized spacial score (nSPS) is 11.1. The Hall–Kier alpha value is -2.05. The van der Waals surface area contributed by atoms with Crippen LogP contribution in [-0.4, -0.2) is 27.8 Å². The van der Waals surface area contributed by atoms with E-state index in [0.717, 1.165) is 5.69 Å². The minimum absolute atomic E-state index is 0.262. The van der Waals surface area contributed by atoms with Gasteiger partial charge in [0.15, 0.2) is 9.84 Å². The Labute approximate surface area is 124 Å². The lowest BCUT2D eigenvalue weighted by molar-refractivity contribution is 0.328. The van der Waals surface area contributed by atoms with Crippen molar-refractivity contribution >= 4 is 21.2 Å². The van der Waals surface area contributed by atoms with Crippen molar-refractivity contribution < 1.29 is 13.2 Å². The van der Waals surface area contributed by atoms with Crippen LogP contribution in [0.3, 0.4) is 0 Å². The molecule has 0 unspecified atom stereocenters. The fraction of sp³-hybridized carbons (Fsp3) is 0.200. The Morgan fingerprint density at radius 2 is 1.90 bits per heavy atom. The summed E-state index contributed by atoms with van der Waals surface area (Å²) < 4.78 is 29.0. The van der Waals surface area contributed by atoms with E-state index in [9.17, 15) is 8.42 Å². The molecule has 6 heteroatoms. The molecule has 0 bridgehead atoms. The highest BCUT2D eigenvalue weighted by Gasteiger charge is 2.12. The number of hydrogen-bond donors (Lipinski definition) is 2. The molecule has 3 N–H and O–H groups in total. The van der Waals surface area contributed by atoms with Gasteiger partial charge >= 0.3 is 0 Å². The lowest BCUT2D eigenvalue weighted by Crippen LogP contribution is -2.10. The third kappa shape index (κ3) is 4.21.